The number of rotatable bonds is 7. The maximum Gasteiger partial charge on any atom is 0.191 e. The third-order valence-electron chi connectivity index (χ3n) is 4.14. The van der Waals surface area contributed by atoms with Crippen molar-refractivity contribution in [3.8, 4) is 0 Å². The van der Waals surface area contributed by atoms with Gasteiger partial charge >= 0.3 is 0 Å². The van der Waals surface area contributed by atoms with E-state index in [1.807, 2.05) is 6.92 Å². The molecular formula is C15H32N4O2S. The minimum Gasteiger partial charge on any atom is -0.357 e. The number of aliphatic imine (C=N–C) groups is 1. The summed E-state index contributed by atoms with van der Waals surface area (Å²) in [6, 6.07) is 0. The molecule has 1 aliphatic heterocycles. The van der Waals surface area contributed by atoms with Crippen molar-refractivity contribution in [2.24, 2.45) is 4.99 Å². The number of nitrogens with zero attached hydrogens (tertiary/aromatic N) is 2. The molecule has 1 aliphatic rings. The van der Waals surface area contributed by atoms with Crippen LogP contribution < -0.4 is 10.6 Å². The van der Waals surface area contributed by atoms with Gasteiger partial charge in [-0.05, 0) is 46.7 Å². The third-order valence-corrected chi connectivity index (χ3v) is 6.27. The molecule has 1 saturated heterocycles. The lowest BCUT2D eigenvalue weighted by atomic mass is 10.1. The molecule has 1 fully saturated rings. The van der Waals surface area contributed by atoms with Gasteiger partial charge in [0.05, 0.1) is 11.3 Å². The lowest BCUT2D eigenvalue weighted by Crippen LogP contribution is -2.44. The molecule has 0 radical (unpaired) electrons. The molecule has 0 amide bonds. The Hall–Kier alpha value is -0.820. The second-order valence-corrected chi connectivity index (χ2v) is 9.21. The van der Waals surface area contributed by atoms with Gasteiger partial charge in [-0.3, -0.25) is 4.99 Å². The summed E-state index contributed by atoms with van der Waals surface area (Å²) in [5.74, 6) is 0.691. The molecule has 0 atom stereocenters. The van der Waals surface area contributed by atoms with Crippen LogP contribution in [0.3, 0.4) is 0 Å². The molecule has 1 rings (SSSR count). The molecule has 0 bridgehead atoms. The Bertz CT molecular complexity index is 454. The molecule has 130 valence electrons. The fraction of sp³-hybridized carbons (Fsp3) is 0.933. The second kappa shape index (κ2) is 8.72. The van der Waals surface area contributed by atoms with Crippen LogP contribution in [0.15, 0.2) is 4.99 Å². The highest BCUT2D eigenvalue weighted by atomic mass is 32.2. The predicted octanol–water partition coefficient (Wildman–Crippen LogP) is 0.851. The van der Waals surface area contributed by atoms with Gasteiger partial charge in [-0.2, -0.15) is 0 Å². The van der Waals surface area contributed by atoms with Gasteiger partial charge in [0, 0.05) is 25.9 Å². The molecule has 0 aromatic rings. The Morgan fingerprint density at radius 3 is 2.36 bits per heavy atom. The van der Waals surface area contributed by atoms with Gasteiger partial charge in [-0.15, -0.1) is 0 Å². The summed E-state index contributed by atoms with van der Waals surface area (Å²) < 4.78 is 22.6. The van der Waals surface area contributed by atoms with E-state index in [1.165, 1.54) is 38.6 Å². The van der Waals surface area contributed by atoms with Crippen molar-refractivity contribution in [2.75, 3.05) is 45.5 Å². The van der Waals surface area contributed by atoms with Gasteiger partial charge < -0.3 is 15.5 Å². The number of guanidine groups is 1. The first-order chi connectivity index (χ1) is 10.3. The van der Waals surface area contributed by atoms with E-state index in [1.54, 1.807) is 13.8 Å². The van der Waals surface area contributed by atoms with Gasteiger partial charge in [0.2, 0.25) is 0 Å². The Kier molecular flexibility index (Phi) is 7.62. The summed E-state index contributed by atoms with van der Waals surface area (Å²) in [6.07, 6.45) is 5.18. The first-order valence-electron chi connectivity index (χ1n) is 8.20. The van der Waals surface area contributed by atoms with Crippen LogP contribution in [0.1, 0.15) is 40.0 Å². The Morgan fingerprint density at radius 1 is 1.18 bits per heavy atom. The molecule has 0 aromatic carbocycles. The van der Waals surface area contributed by atoms with Gasteiger partial charge in [0.1, 0.15) is 0 Å². The highest BCUT2D eigenvalue weighted by Crippen LogP contribution is 2.15. The third kappa shape index (κ3) is 6.52. The Balaban J connectivity index is 2.48. The number of likely N-dealkylation sites (tertiary alicyclic amines) is 1. The van der Waals surface area contributed by atoms with Gasteiger partial charge in [0.25, 0.3) is 0 Å². The van der Waals surface area contributed by atoms with Crippen LogP contribution in [0.4, 0.5) is 0 Å². The molecule has 0 aromatic heterocycles. The summed E-state index contributed by atoms with van der Waals surface area (Å²) in [4.78, 5) is 6.89. The average Bonchev–Trinajstić information content (AvgIpc) is 2.45. The Morgan fingerprint density at radius 2 is 1.82 bits per heavy atom. The normalized spacial score (nSPS) is 18.3. The molecule has 0 aliphatic carbocycles. The van der Waals surface area contributed by atoms with Gasteiger partial charge in [0.15, 0.2) is 15.8 Å². The van der Waals surface area contributed by atoms with Crippen molar-refractivity contribution < 1.29 is 8.42 Å². The molecular weight excluding hydrogens is 300 g/mol. The van der Waals surface area contributed by atoms with Crippen LogP contribution >= 0.6 is 0 Å². The van der Waals surface area contributed by atoms with E-state index in [2.05, 4.69) is 20.5 Å². The minimum atomic E-state index is -3.12. The van der Waals surface area contributed by atoms with Crippen LogP contribution in [-0.2, 0) is 9.84 Å². The highest BCUT2D eigenvalue weighted by molar-refractivity contribution is 7.92. The zero-order chi connectivity index (χ0) is 16.6. The average molecular weight is 333 g/mol. The maximum atomic E-state index is 11.7. The highest BCUT2D eigenvalue weighted by Gasteiger charge is 2.29. The summed E-state index contributed by atoms with van der Waals surface area (Å²) in [5, 5.41) is 6.46. The topological polar surface area (TPSA) is 73.8 Å². The van der Waals surface area contributed by atoms with Crippen molar-refractivity contribution in [2.45, 2.75) is 44.8 Å². The molecule has 0 saturated carbocycles. The fourth-order valence-corrected chi connectivity index (χ4v) is 2.54. The molecule has 1 heterocycles. The quantitative estimate of drug-likeness (QED) is 0.534. The monoisotopic (exact) mass is 332 g/mol. The van der Waals surface area contributed by atoms with Crippen molar-refractivity contribution in [1.82, 2.24) is 15.5 Å². The smallest absolute Gasteiger partial charge is 0.191 e. The van der Waals surface area contributed by atoms with E-state index in [9.17, 15) is 8.42 Å². The van der Waals surface area contributed by atoms with Crippen LogP contribution in [-0.4, -0.2) is 69.5 Å². The molecule has 22 heavy (non-hydrogen) atoms. The van der Waals surface area contributed by atoms with E-state index >= 15 is 0 Å². The zero-order valence-electron chi connectivity index (χ0n) is 14.5. The molecule has 6 nitrogen and oxygen atoms in total. The van der Waals surface area contributed by atoms with Crippen molar-refractivity contribution in [3.63, 3.8) is 0 Å². The van der Waals surface area contributed by atoms with E-state index in [0.29, 0.717) is 5.96 Å². The van der Waals surface area contributed by atoms with Crippen molar-refractivity contribution in [1.29, 1.82) is 0 Å². The SMILES string of the molecule is CCNC(=NCC(C)(C)S(C)(=O)=O)NCCN1CCCCC1. The summed E-state index contributed by atoms with van der Waals surface area (Å²) in [5.41, 5.74) is 0. The fourth-order valence-electron chi connectivity index (χ4n) is 2.24. The zero-order valence-corrected chi connectivity index (χ0v) is 15.3. The van der Waals surface area contributed by atoms with E-state index in [4.69, 9.17) is 0 Å². The summed E-state index contributed by atoms with van der Waals surface area (Å²) in [6.45, 7) is 10.6. The first kappa shape index (κ1) is 19.2. The summed E-state index contributed by atoms with van der Waals surface area (Å²) >= 11 is 0. The van der Waals surface area contributed by atoms with Gasteiger partial charge in [-0.25, -0.2) is 8.42 Å². The maximum absolute atomic E-state index is 11.7. The first-order valence-corrected chi connectivity index (χ1v) is 10.1. The number of hydrogen-bond donors (Lipinski definition) is 2. The Labute approximate surface area is 135 Å². The summed E-state index contributed by atoms with van der Waals surface area (Å²) in [7, 11) is -3.12. The molecule has 7 heteroatoms. The van der Waals surface area contributed by atoms with Crippen molar-refractivity contribution in [3.05, 3.63) is 0 Å². The number of hydrogen-bond acceptors (Lipinski definition) is 4. The minimum absolute atomic E-state index is 0.255. The standard InChI is InChI=1S/C15H32N4O2S/c1-5-16-14(18-13-15(2,3)22(4,20)21)17-9-12-19-10-7-6-8-11-19/h5-13H2,1-4H3,(H2,16,17,18). The largest absolute Gasteiger partial charge is 0.357 e. The van der Waals surface area contributed by atoms with E-state index < -0.39 is 14.6 Å². The number of piperidine rings is 1. The number of nitrogens with one attached hydrogen (secondary N) is 2. The van der Waals surface area contributed by atoms with Crippen LogP contribution in [0, 0.1) is 0 Å². The molecule has 0 unspecified atom stereocenters. The molecule has 2 N–H and O–H groups in total. The van der Waals surface area contributed by atoms with E-state index in [-0.39, 0.29) is 6.54 Å². The van der Waals surface area contributed by atoms with Crippen LogP contribution in [0.5, 0.6) is 0 Å². The second-order valence-electron chi connectivity index (χ2n) is 6.56. The van der Waals surface area contributed by atoms with E-state index in [0.717, 1.165) is 19.6 Å². The van der Waals surface area contributed by atoms with Crippen molar-refractivity contribution >= 4 is 15.8 Å². The molecule has 0 spiro atoms. The predicted molar refractivity (Wildman–Crippen MR) is 93.2 cm³/mol. The lowest BCUT2D eigenvalue weighted by molar-refractivity contribution is 0.232. The number of sulfone groups is 1. The van der Waals surface area contributed by atoms with Gasteiger partial charge in [-0.1, -0.05) is 6.42 Å². The van der Waals surface area contributed by atoms with Crippen LogP contribution in [0.25, 0.3) is 0 Å². The lowest BCUT2D eigenvalue weighted by Gasteiger charge is -2.26. The van der Waals surface area contributed by atoms with Crippen LogP contribution in [0.2, 0.25) is 0 Å².